The molecule has 2 heterocycles. The Kier molecular flexibility index (Phi) is 4.18. The minimum absolute atomic E-state index is 0.0431. The second kappa shape index (κ2) is 5.88. The third-order valence-corrected chi connectivity index (χ3v) is 4.01. The van der Waals surface area contributed by atoms with Gasteiger partial charge in [-0.25, -0.2) is 9.78 Å². The predicted octanol–water partition coefficient (Wildman–Crippen LogP) is 3.23. The van der Waals surface area contributed by atoms with E-state index in [0.29, 0.717) is 0 Å². The van der Waals surface area contributed by atoms with Crippen LogP contribution in [-0.4, -0.2) is 21.0 Å². The Bertz CT molecular complexity index is 698. The molecule has 2 rings (SSSR count). The van der Waals surface area contributed by atoms with E-state index < -0.39 is 10.9 Å². The van der Waals surface area contributed by atoms with E-state index >= 15 is 0 Å². The van der Waals surface area contributed by atoms with E-state index in [1.54, 1.807) is 11.3 Å². The average molecular weight is 307 g/mol. The molecule has 8 heteroatoms. The van der Waals surface area contributed by atoms with Crippen molar-refractivity contribution in [1.82, 2.24) is 4.98 Å². The Labute approximate surface area is 124 Å². The lowest BCUT2D eigenvalue weighted by Gasteiger charge is -2.13. The van der Waals surface area contributed by atoms with Crippen LogP contribution in [0.15, 0.2) is 24.3 Å². The molecule has 110 valence electrons. The van der Waals surface area contributed by atoms with Gasteiger partial charge in [0.2, 0.25) is 5.82 Å². The molecule has 2 aromatic rings. The zero-order valence-electron chi connectivity index (χ0n) is 11.4. The molecule has 0 aliphatic heterocycles. The number of carbonyl (C=O) groups is 1. The number of nitrogens with zero attached hydrogens (tertiary/aromatic N) is 2. The summed E-state index contributed by atoms with van der Waals surface area (Å²) in [4.78, 5) is 27.3. The number of carboxylic acid groups (broad SMARTS) is 1. The van der Waals surface area contributed by atoms with Crippen molar-refractivity contribution < 1.29 is 14.8 Å². The molecule has 0 saturated heterocycles. The van der Waals surface area contributed by atoms with Crippen molar-refractivity contribution in [3.05, 3.63) is 49.8 Å². The summed E-state index contributed by atoms with van der Waals surface area (Å²) in [6, 6.07) is 5.92. The minimum Gasteiger partial charge on any atom is -0.477 e. The molecule has 0 fully saturated rings. The zero-order chi connectivity index (χ0) is 15.6. The first-order valence-electron chi connectivity index (χ1n) is 6.10. The van der Waals surface area contributed by atoms with Crippen molar-refractivity contribution >= 4 is 28.8 Å². The quantitative estimate of drug-likeness (QED) is 0.649. The molecular weight excluding hydrogens is 294 g/mol. The van der Waals surface area contributed by atoms with E-state index in [9.17, 15) is 14.9 Å². The van der Waals surface area contributed by atoms with Crippen LogP contribution >= 0.6 is 11.3 Å². The number of hydrogen-bond acceptors (Lipinski definition) is 6. The number of aryl methyl sites for hydroxylation is 1. The summed E-state index contributed by atoms with van der Waals surface area (Å²) in [7, 11) is 0. The van der Waals surface area contributed by atoms with Gasteiger partial charge in [-0.1, -0.05) is 0 Å². The van der Waals surface area contributed by atoms with Crippen LogP contribution in [0.5, 0.6) is 0 Å². The van der Waals surface area contributed by atoms with Gasteiger partial charge in [0.15, 0.2) is 5.69 Å². The van der Waals surface area contributed by atoms with Gasteiger partial charge in [-0.2, -0.15) is 0 Å². The predicted molar refractivity (Wildman–Crippen MR) is 78.9 cm³/mol. The average Bonchev–Trinajstić information content (AvgIpc) is 2.85. The number of hydrogen-bond donors (Lipinski definition) is 2. The van der Waals surface area contributed by atoms with Gasteiger partial charge >= 0.3 is 11.7 Å². The summed E-state index contributed by atoms with van der Waals surface area (Å²) in [5, 5.41) is 22.9. The largest absolute Gasteiger partial charge is 0.477 e. The fraction of sp³-hybridized carbons (Fsp3) is 0.231. The Hall–Kier alpha value is -2.48. The van der Waals surface area contributed by atoms with Crippen molar-refractivity contribution in [2.45, 2.75) is 19.9 Å². The van der Waals surface area contributed by atoms with E-state index in [-0.39, 0.29) is 23.2 Å². The van der Waals surface area contributed by atoms with Crippen LogP contribution in [0.4, 0.5) is 11.5 Å². The first-order chi connectivity index (χ1) is 9.88. The van der Waals surface area contributed by atoms with Gasteiger partial charge in [0.05, 0.1) is 11.0 Å². The summed E-state index contributed by atoms with van der Waals surface area (Å²) in [6.45, 7) is 3.80. The van der Waals surface area contributed by atoms with E-state index in [0.717, 1.165) is 21.9 Å². The Morgan fingerprint density at radius 3 is 2.67 bits per heavy atom. The lowest BCUT2D eigenvalue weighted by Crippen LogP contribution is -2.11. The highest BCUT2D eigenvalue weighted by molar-refractivity contribution is 7.12. The van der Waals surface area contributed by atoms with Gasteiger partial charge in [0.25, 0.3) is 0 Å². The Morgan fingerprint density at radius 2 is 2.14 bits per heavy atom. The maximum atomic E-state index is 11.0. The highest BCUT2D eigenvalue weighted by atomic mass is 32.1. The fourth-order valence-corrected chi connectivity index (χ4v) is 2.67. The van der Waals surface area contributed by atoms with Crippen molar-refractivity contribution in [1.29, 1.82) is 0 Å². The van der Waals surface area contributed by atoms with E-state index in [2.05, 4.69) is 10.3 Å². The smallest absolute Gasteiger partial charge is 0.354 e. The van der Waals surface area contributed by atoms with E-state index in [4.69, 9.17) is 5.11 Å². The van der Waals surface area contributed by atoms with Crippen molar-refractivity contribution in [3.8, 4) is 0 Å². The lowest BCUT2D eigenvalue weighted by molar-refractivity contribution is -0.384. The summed E-state index contributed by atoms with van der Waals surface area (Å²) < 4.78 is 0. The van der Waals surface area contributed by atoms with Crippen LogP contribution in [-0.2, 0) is 0 Å². The third kappa shape index (κ3) is 3.34. The van der Waals surface area contributed by atoms with Gasteiger partial charge < -0.3 is 10.4 Å². The molecule has 0 bridgehead atoms. The SMILES string of the molecule is Cc1ccc(C(C)Nc2nc(C(=O)O)ccc2[N+](=O)[O-])s1. The monoisotopic (exact) mass is 307 g/mol. The van der Waals surface area contributed by atoms with Gasteiger partial charge in [-0.15, -0.1) is 11.3 Å². The minimum atomic E-state index is -1.23. The Morgan fingerprint density at radius 1 is 1.43 bits per heavy atom. The molecule has 0 aliphatic rings. The molecule has 0 aromatic carbocycles. The number of aromatic nitrogens is 1. The number of aromatic carboxylic acids is 1. The first-order valence-corrected chi connectivity index (χ1v) is 6.91. The van der Waals surface area contributed by atoms with Gasteiger partial charge in [0.1, 0.15) is 0 Å². The molecule has 2 aromatic heterocycles. The lowest BCUT2D eigenvalue weighted by atomic mass is 10.2. The molecule has 1 unspecified atom stereocenters. The van der Waals surface area contributed by atoms with Crippen LogP contribution in [0.2, 0.25) is 0 Å². The number of anilines is 1. The van der Waals surface area contributed by atoms with Crippen LogP contribution in [0.3, 0.4) is 0 Å². The van der Waals surface area contributed by atoms with Crippen LogP contribution in [0, 0.1) is 17.0 Å². The molecule has 0 saturated carbocycles. The summed E-state index contributed by atoms with van der Waals surface area (Å²) >= 11 is 1.56. The maximum absolute atomic E-state index is 11.0. The van der Waals surface area contributed by atoms with Gasteiger partial charge in [-0.3, -0.25) is 10.1 Å². The number of pyridine rings is 1. The topological polar surface area (TPSA) is 105 Å². The number of carboxylic acids is 1. The molecule has 0 radical (unpaired) electrons. The molecule has 7 nitrogen and oxygen atoms in total. The van der Waals surface area contributed by atoms with Crippen molar-refractivity contribution in [2.75, 3.05) is 5.32 Å². The number of rotatable bonds is 5. The Balaban J connectivity index is 2.34. The number of nitrogens with one attached hydrogen (secondary N) is 1. The van der Waals surface area contributed by atoms with Crippen molar-refractivity contribution in [2.24, 2.45) is 0 Å². The molecule has 2 N–H and O–H groups in total. The van der Waals surface area contributed by atoms with E-state index in [1.165, 1.54) is 0 Å². The molecule has 0 spiro atoms. The number of nitro groups is 1. The van der Waals surface area contributed by atoms with Gasteiger partial charge in [0, 0.05) is 15.8 Å². The van der Waals surface area contributed by atoms with Crippen LogP contribution in [0.25, 0.3) is 0 Å². The summed E-state index contributed by atoms with van der Waals surface area (Å²) in [5.74, 6) is -1.27. The highest BCUT2D eigenvalue weighted by Gasteiger charge is 2.20. The maximum Gasteiger partial charge on any atom is 0.354 e. The van der Waals surface area contributed by atoms with Crippen LogP contribution < -0.4 is 5.32 Å². The molecule has 1 atom stereocenters. The summed E-state index contributed by atoms with van der Waals surface area (Å²) in [5.41, 5.74) is -0.488. The number of thiophene rings is 1. The molecule has 0 aliphatic carbocycles. The zero-order valence-corrected chi connectivity index (χ0v) is 12.2. The second-order valence-electron chi connectivity index (χ2n) is 4.44. The summed E-state index contributed by atoms with van der Waals surface area (Å²) in [6.07, 6.45) is 0. The first kappa shape index (κ1) is 14.9. The van der Waals surface area contributed by atoms with Crippen LogP contribution in [0.1, 0.15) is 33.2 Å². The molecule has 0 amide bonds. The normalized spacial score (nSPS) is 11.9. The second-order valence-corrected chi connectivity index (χ2v) is 5.76. The molecule has 21 heavy (non-hydrogen) atoms. The van der Waals surface area contributed by atoms with Crippen molar-refractivity contribution in [3.63, 3.8) is 0 Å². The fourth-order valence-electron chi connectivity index (χ4n) is 1.79. The van der Waals surface area contributed by atoms with E-state index in [1.807, 2.05) is 26.0 Å². The molecular formula is C13H13N3O4S. The standard InChI is InChI=1S/C13H13N3O4S/c1-7-3-6-11(21-7)8(2)14-12-10(16(19)20)5-4-9(15-12)13(17)18/h3-6,8H,1-2H3,(H,14,15)(H,17,18). The third-order valence-electron chi connectivity index (χ3n) is 2.83. The highest BCUT2D eigenvalue weighted by Crippen LogP contribution is 2.29. The van der Waals surface area contributed by atoms with Gasteiger partial charge in [-0.05, 0) is 32.0 Å².